The molecule has 1 N–H and O–H groups in total. The number of nitrogens with one attached hydrogen (secondary N) is 1. The highest BCUT2D eigenvalue weighted by molar-refractivity contribution is 5.32. The number of likely N-dealkylation sites (N-methyl/N-ethyl adjacent to an activating group) is 1. The molecule has 0 atom stereocenters. The van der Waals surface area contributed by atoms with Gasteiger partial charge in [0.1, 0.15) is 0 Å². The van der Waals surface area contributed by atoms with Crippen molar-refractivity contribution in [3.8, 4) is 6.07 Å². The summed E-state index contributed by atoms with van der Waals surface area (Å²) in [5, 5.41) is 12.1. The van der Waals surface area contributed by atoms with Gasteiger partial charge in [-0.05, 0) is 24.2 Å². The van der Waals surface area contributed by atoms with Gasteiger partial charge in [-0.1, -0.05) is 19.1 Å². The maximum Gasteiger partial charge on any atom is 0.0991 e. The standard InChI is InChI=1S/C13H17N3/c1-2-16(13-8-15-9-13)10-12-5-3-4-11(6-12)7-14/h3-6,13,15H,2,8-10H2,1H3. The second kappa shape index (κ2) is 5.11. The Morgan fingerprint density at radius 1 is 1.50 bits per heavy atom. The first-order valence-electron chi connectivity index (χ1n) is 5.77. The normalized spacial score (nSPS) is 15.8. The quantitative estimate of drug-likeness (QED) is 0.824. The molecule has 2 rings (SSSR count). The van der Waals surface area contributed by atoms with Crippen LogP contribution in [0.5, 0.6) is 0 Å². The molecule has 0 bridgehead atoms. The lowest BCUT2D eigenvalue weighted by atomic mass is 10.1. The molecule has 1 aliphatic heterocycles. The first-order valence-corrected chi connectivity index (χ1v) is 5.77. The molecule has 1 heterocycles. The molecule has 0 radical (unpaired) electrons. The van der Waals surface area contributed by atoms with E-state index in [1.165, 1.54) is 5.56 Å². The Morgan fingerprint density at radius 2 is 2.31 bits per heavy atom. The minimum Gasteiger partial charge on any atom is -0.314 e. The van der Waals surface area contributed by atoms with Gasteiger partial charge in [0.15, 0.2) is 0 Å². The average molecular weight is 215 g/mol. The number of nitrogens with zero attached hydrogens (tertiary/aromatic N) is 2. The summed E-state index contributed by atoms with van der Waals surface area (Å²) < 4.78 is 0. The molecular weight excluding hydrogens is 198 g/mol. The highest BCUT2D eigenvalue weighted by Gasteiger charge is 2.22. The van der Waals surface area contributed by atoms with Crippen LogP contribution in [0.15, 0.2) is 24.3 Å². The van der Waals surface area contributed by atoms with Gasteiger partial charge < -0.3 is 5.32 Å². The predicted octanol–water partition coefficient (Wildman–Crippen LogP) is 1.35. The minimum absolute atomic E-state index is 0.663. The fraction of sp³-hybridized carbons (Fsp3) is 0.462. The van der Waals surface area contributed by atoms with Gasteiger partial charge in [0.05, 0.1) is 11.6 Å². The van der Waals surface area contributed by atoms with E-state index in [2.05, 4.69) is 29.3 Å². The second-order valence-electron chi connectivity index (χ2n) is 4.19. The number of hydrogen-bond acceptors (Lipinski definition) is 3. The first-order chi connectivity index (χ1) is 7.83. The van der Waals surface area contributed by atoms with Gasteiger partial charge in [0.25, 0.3) is 0 Å². The van der Waals surface area contributed by atoms with E-state index in [1.54, 1.807) is 0 Å². The summed E-state index contributed by atoms with van der Waals surface area (Å²) in [5.41, 5.74) is 1.98. The average Bonchev–Trinajstić information content (AvgIpc) is 2.26. The molecule has 3 heteroatoms. The largest absolute Gasteiger partial charge is 0.314 e. The monoisotopic (exact) mass is 215 g/mol. The molecule has 1 fully saturated rings. The van der Waals surface area contributed by atoms with Crippen molar-refractivity contribution in [2.75, 3.05) is 19.6 Å². The third-order valence-corrected chi connectivity index (χ3v) is 3.12. The van der Waals surface area contributed by atoms with Crippen molar-refractivity contribution in [2.45, 2.75) is 19.5 Å². The van der Waals surface area contributed by atoms with Crippen LogP contribution in [0.3, 0.4) is 0 Å². The SMILES string of the molecule is CCN(Cc1cccc(C#N)c1)C1CNC1. The molecule has 3 nitrogen and oxygen atoms in total. The van der Waals surface area contributed by atoms with Crippen molar-refractivity contribution >= 4 is 0 Å². The lowest BCUT2D eigenvalue weighted by molar-refractivity contribution is 0.145. The topological polar surface area (TPSA) is 39.1 Å². The van der Waals surface area contributed by atoms with Gasteiger partial charge in [-0.15, -0.1) is 0 Å². The van der Waals surface area contributed by atoms with Crippen molar-refractivity contribution in [2.24, 2.45) is 0 Å². The van der Waals surface area contributed by atoms with Crippen LogP contribution in [0.4, 0.5) is 0 Å². The summed E-state index contributed by atoms with van der Waals surface area (Å²) in [7, 11) is 0. The van der Waals surface area contributed by atoms with Gasteiger partial charge in [0, 0.05) is 25.7 Å². The van der Waals surface area contributed by atoms with Crippen molar-refractivity contribution in [3.05, 3.63) is 35.4 Å². The van der Waals surface area contributed by atoms with E-state index in [1.807, 2.05) is 18.2 Å². The Labute approximate surface area is 96.7 Å². The lowest BCUT2D eigenvalue weighted by Crippen LogP contribution is -2.56. The fourth-order valence-corrected chi connectivity index (χ4v) is 2.00. The molecule has 0 spiro atoms. The van der Waals surface area contributed by atoms with Crippen LogP contribution in [0, 0.1) is 11.3 Å². The molecule has 16 heavy (non-hydrogen) atoms. The summed E-state index contributed by atoms with van der Waals surface area (Å²) in [4.78, 5) is 2.45. The zero-order chi connectivity index (χ0) is 11.4. The van der Waals surface area contributed by atoms with Crippen molar-refractivity contribution in [3.63, 3.8) is 0 Å². The van der Waals surface area contributed by atoms with Crippen LogP contribution in [0.25, 0.3) is 0 Å². The first kappa shape index (κ1) is 11.1. The Kier molecular flexibility index (Phi) is 3.55. The van der Waals surface area contributed by atoms with E-state index in [-0.39, 0.29) is 0 Å². The summed E-state index contributed by atoms with van der Waals surface area (Å²) in [5.74, 6) is 0. The van der Waals surface area contributed by atoms with E-state index in [4.69, 9.17) is 5.26 Å². The zero-order valence-electron chi connectivity index (χ0n) is 9.61. The summed E-state index contributed by atoms with van der Waals surface area (Å²) >= 11 is 0. The molecule has 0 aliphatic carbocycles. The summed E-state index contributed by atoms with van der Waals surface area (Å²) in [6, 6.07) is 10.7. The Balaban J connectivity index is 2.03. The van der Waals surface area contributed by atoms with Gasteiger partial charge >= 0.3 is 0 Å². The van der Waals surface area contributed by atoms with Crippen LogP contribution in [0.1, 0.15) is 18.1 Å². The number of hydrogen-bond donors (Lipinski definition) is 1. The van der Waals surface area contributed by atoms with Crippen LogP contribution < -0.4 is 5.32 Å². The minimum atomic E-state index is 0.663. The van der Waals surface area contributed by atoms with Gasteiger partial charge in [-0.25, -0.2) is 0 Å². The smallest absolute Gasteiger partial charge is 0.0991 e. The molecule has 0 saturated carbocycles. The summed E-state index contributed by atoms with van der Waals surface area (Å²) in [6.07, 6.45) is 0. The molecule has 0 amide bonds. The Morgan fingerprint density at radius 3 is 2.88 bits per heavy atom. The molecule has 1 saturated heterocycles. The lowest BCUT2D eigenvalue weighted by Gasteiger charge is -2.37. The molecule has 1 aromatic carbocycles. The van der Waals surface area contributed by atoms with Crippen LogP contribution in [-0.4, -0.2) is 30.6 Å². The molecule has 0 unspecified atom stereocenters. The van der Waals surface area contributed by atoms with E-state index < -0.39 is 0 Å². The second-order valence-corrected chi connectivity index (χ2v) is 4.19. The number of benzene rings is 1. The third kappa shape index (κ3) is 2.41. The van der Waals surface area contributed by atoms with Crippen molar-refractivity contribution in [1.82, 2.24) is 10.2 Å². The molecular formula is C13H17N3. The van der Waals surface area contributed by atoms with Crippen LogP contribution in [0.2, 0.25) is 0 Å². The maximum absolute atomic E-state index is 8.85. The van der Waals surface area contributed by atoms with E-state index >= 15 is 0 Å². The molecule has 1 aliphatic rings. The zero-order valence-corrected chi connectivity index (χ0v) is 9.61. The van der Waals surface area contributed by atoms with Gasteiger partial charge in [-0.3, -0.25) is 4.90 Å². The van der Waals surface area contributed by atoms with Crippen molar-refractivity contribution in [1.29, 1.82) is 5.26 Å². The van der Waals surface area contributed by atoms with E-state index in [9.17, 15) is 0 Å². The Bertz CT molecular complexity index is 390. The maximum atomic E-state index is 8.85. The molecule has 1 aromatic rings. The van der Waals surface area contributed by atoms with Crippen LogP contribution in [-0.2, 0) is 6.54 Å². The highest BCUT2D eigenvalue weighted by Crippen LogP contribution is 2.12. The highest BCUT2D eigenvalue weighted by atomic mass is 15.2. The fourth-order valence-electron chi connectivity index (χ4n) is 2.00. The van der Waals surface area contributed by atoms with E-state index in [0.717, 1.165) is 31.7 Å². The number of rotatable bonds is 4. The summed E-state index contributed by atoms with van der Waals surface area (Å²) in [6.45, 7) is 6.37. The predicted molar refractivity (Wildman–Crippen MR) is 63.9 cm³/mol. The molecule has 0 aromatic heterocycles. The van der Waals surface area contributed by atoms with Gasteiger partial charge in [0.2, 0.25) is 0 Å². The van der Waals surface area contributed by atoms with Crippen molar-refractivity contribution < 1.29 is 0 Å². The van der Waals surface area contributed by atoms with Crippen LogP contribution >= 0.6 is 0 Å². The van der Waals surface area contributed by atoms with E-state index in [0.29, 0.717) is 6.04 Å². The number of nitriles is 1. The Hall–Kier alpha value is -1.37. The van der Waals surface area contributed by atoms with Gasteiger partial charge in [-0.2, -0.15) is 5.26 Å². The molecule has 84 valence electrons. The third-order valence-electron chi connectivity index (χ3n) is 3.12.